The zero-order valence-electron chi connectivity index (χ0n) is 30.9. The van der Waals surface area contributed by atoms with E-state index in [0.29, 0.717) is 39.1 Å². The maximum atomic E-state index is 11.8. The number of rotatable bonds is 15. The summed E-state index contributed by atoms with van der Waals surface area (Å²) in [6.07, 6.45) is 3.06. The van der Waals surface area contributed by atoms with Crippen molar-refractivity contribution in [3.05, 3.63) is 123 Å². The number of pyridine rings is 2. The summed E-state index contributed by atoms with van der Waals surface area (Å²) in [4.78, 5) is 25.3. The number of ether oxygens (including phenoxy) is 3. The van der Waals surface area contributed by atoms with E-state index in [1.54, 1.807) is 31.5 Å². The van der Waals surface area contributed by atoms with Gasteiger partial charge < -0.3 is 29.7 Å². The summed E-state index contributed by atoms with van der Waals surface area (Å²) in [5.41, 5.74) is 7.74. The highest BCUT2D eigenvalue weighted by molar-refractivity contribution is 6.32. The number of nitrogens with one attached hydrogen (secondary N) is 2. The van der Waals surface area contributed by atoms with Crippen LogP contribution in [0.3, 0.4) is 0 Å². The predicted octanol–water partition coefficient (Wildman–Crippen LogP) is 6.39. The van der Waals surface area contributed by atoms with Crippen molar-refractivity contribution in [3.8, 4) is 45.8 Å². The molecule has 5 aromatic rings. The van der Waals surface area contributed by atoms with E-state index < -0.39 is 18.1 Å². The number of nitriles is 1. The number of aliphatic carboxylic acids is 1. The second kappa shape index (κ2) is 17.0. The van der Waals surface area contributed by atoms with E-state index in [0.717, 1.165) is 63.6 Å². The van der Waals surface area contributed by atoms with Crippen molar-refractivity contribution in [1.82, 2.24) is 20.6 Å². The zero-order chi connectivity index (χ0) is 39.1. The Bertz CT molecular complexity index is 2310. The number of halogens is 1. The van der Waals surface area contributed by atoms with E-state index in [1.165, 1.54) is 13.1 Å². The second-order valence-electron chi connectivity index (χ2n) is 13.3. The lowest BCUT2D eigenvalue weighted by Gasteiger charge is -2.25. The normalized spacial score (nSPS) is 13.3. The fourth-order valence-electron chi connectivity index (χ4n) is 6.23. The first-order valence-electron chi connectivity index (χ1n) is 17.6. The van der Waals surface area contributed by atoms with Crippen LogP contribution in [0, 0.1) is 25.2 Å². The Morgan fingerprint density at radius 2 is 1.71 bits per heavy atom. The smallest absolute Gasteiger partial charge is 0.326 e. The van der Waals surface area contributed by atoms with Crippen LogP contribution in [0.1, 0.15) is 45.9 Å². The Kier molecular flexibility index (Phi) is 12.0. The number of hydrogen-bond donors (Lipinski definition) is 4. The molecule has 2 aromatic heterocycles. The highest BCUT2D eigenvalue weighted by atomic mass is 35.5. The molecule has 0 radical (unpaired) electrons. The van der Waals surface area contributed by atoms with Crippen molar-refractivity contribution >= 4 is 23.4 Å². The molecule has 0 bridgehead atoms. The molecule has 0 spiro atoms. The first-order valence-corrected chi connectivity index (χ1v) is 18.0. The molecule has 1 aliphatic heterocycles. The van der Waals surface area contributed by atoms with E-state index in [9.17, 15) is 20.3 Å². The van der Waals surface area contributed by atoms with Crippen molar-refractivity contribution in [3.63, 3.8) is 0 Å². The number of aliphatic hydroxyl groups excluding tert-OH is 1. The van der Waals surface area contributed by atoms with Crippen molar-refractivity contribution in [1.29, 1.82) is 5.26 Å². The minimum Gasteiger partial charge on any atom is -0.488 e. The van der Waals surface area contributed by atoms with Gasteiger partial charge in [0.15, 0.2) is 0 Å². The molecular formula is C42H41ClN6O6. The van der Waals surface area contributed by atoms with Crippen LogP contribution in [0.15, 0.2) is 84.1 Å². The Labute approximate surface area is 324 Å². The minimum atomic E-state index is -1.60. The molecule has 0 saturated carbocycles. The zero-order valence-corrected chi connectivity index (χ0v) is 31.7. The van der Waals surface area contributed by atoms with Crippen LogP contribution in [-0.2, 0) is 24.6 Å². The predicted molar refractivity (Wildman–Crippen MR) is 210 cm³/mol. The molecule has 282 valence electrons. The number of carbonyl (C=O) groups is 1. The van der Waals surface area contributed by atoms with Gasteiger partial charge in [-0.05, 0) is 72.9 Å². The molecule has 4 N–H and O–H groups in total. The Morgan fingerprint density at radius 1 is 0.964 bits per heavy atom. The van der Waals surface area contributed by atoms with E-state index in [2.05, 4.69) is 58.7 Å². The highest BCUT2D eigenvalue weighted by Gasteiger charge is 2.32. The van der Waals surface area contributed by atoms with Crippen LogP contribution < -0.4 is 24.8 Å². The Balaban J connectivity index is 1.26. The largest absolute Gasteiger partial charge is 0.488 e. The van der Waals surface area contributed by atoms with Crippen LogP contribution in [0.4, 0.5) is 0 Å². The van der Waals surface area contributed by atoms with Crippen LogP contribution in [0.25, 0.3) is 22.4 Å². The monoisotopic (exact) mass is 760 g/mol. The molecule has 1 aliphatic rings. The summed E-state index contributed by atoms with van der Waals surface area (Å²) in [6, 6.07) is 23.3. The van der Waals surface area contributed by atoms with Crippen LogP contribution >= 0.6 is 11.6 Å². The summed E-state index contributed by atoms with van der Waals surface area (Å²) >= 11 is 6.76. The minimum absolute atomic E-state index is 0.0215. The summed E-state index contributed by atoms with van der Waals surface area (Å²) < 4.78 is 18.2. The van der Waals surface area contributed by atoms with Crippen LogP contribution in [0.2, 0.25) is 5.02 Å². The first kappa shape index (κ1) is 38.7. The molecule has 6 rings (SSSR count). The Hall–Kier alpha value is -6.00. The summed E-state index contributed by atoms with van der Waals surface area (Å²) in [5.74, 6) is 0.828. The number of benzene rings is 3. The summed E-state index contributed by atoms with van der Waals surface area (Å²) in [6.45, 7) is 6.70. The van der Waals surface area contributed by atoms with Gasteiger partial charge in [0.2, 0.25) is 5.88 Å². The van der Waals surface area contributed by atoms with Gasteiger partial charge in [-0.1, -0.05) is 48.0 Å². The maximum Gasteiger partial charge on any atom is 0.326 e. The number of amidine groups is 1. The number of aromatic nitrogens is 2. The average Bonchev–Trinajstić information content (AvgIpc) is 3.74. The van der Waals surface area contributed by atoms with E-state index in [4.69, 9.17) is 30.8 Å². The van der Waals surface area contributed by atoms with Crippen molar-refractivity contribution in [2.24, 2.45) is 4.99 Å². The first-order chi connectivity index (χ1) is 26.5. The number of hydrogen-bond acceptors (Lipinski definition) is 11. The van der Waals surface area contributed by atoms with E-state index in [1.807, 2.05) is 30.3 Å². The van der Waals surface area contributed by atoms with E-state index >= 15 is 0 Å². The summed E-state index contributed by atoms with van der Waals surface area (Å²) in [7, 11) is 1.61. The van der Waals surface area contributed by atoms with Gasteiger partial charge in [0, 0.05) is 48.2 Å². The standard InChI is InChI=1S/C42H41ClN6O6/c1-25-29(7-5-8-31(25)32-9-6-10-33(26(32)2)36-12-11-34(40(49-36)53-4)39-46-13-14-47-39)23-55-38-17-37(54-22-28-15-27(18-44)19-45-20-28)30(16-35(38)43)21-48-42(3,24-50)41(51)52/h5-12,15-17,19-20,48,50H,13-14,21-24H2,1-4H3,(H,46,47)(H,51,52)/t42-/m0/s1. The number of carboxylic acid groups (broad SMARTS) is 1. The van der Waals surface area contributed by atoms with Gasteiger partial charge in [-0.25, -0.2) is 4.98 Å². The number of nitrogens with zero attached hydrogens (tertiary/aromatic N) is 4. The molecule has 13 heteroatoms. The molecule has 3 heterocycles. The van der Waals surface area contributed by atoms with Crippen LogP contribution in [0.5, 0.6) is 17.4 Å². The third-order valence-corrected chi connectivity index (χ3v) is 9.90. The Morgan fingerprint density at radius 3 is 2.42 bits per heavy atom. The molecule has 0 amide bonds. The quantitative estimate of drug-likeness (QED) is 0.0932. The lowest BCUT2D eigenvalue weighted by molar-refractivity contribution is -0.145. The van der Waals surface area contributed by atoms with E-state index in [-0.39, 0.29) is 19.8 Å². The van der Waals surface area contributed by atoms with Gasteiger partial charge in [0.1, 0.15) is 42.2 Å². The third kappa shape index (κ3) is 8.55. The molecule has 0 aliphatic carbocycles. The molecule has 0 fully saturated rings. The van der Waals surface area contributed by atoms with Crippen molar-refractivity contribution < 1.29 is 29.2 Å². The molecule has 0 unspecified atom stereocenters. The third-order valence-electron chi connectivity index (χ3n) is 9.60. The van der Waals surface area contributed by atoms with Crippen molar-refractivity contribution in [2.75, 3.05) is 26.8 Å². The van der Waals surface area contributed by atoms with Gasteiger partial charge in [-0.2, -0.15) is 5.26 Å². The number of carboxylic acids is 1. The number of aliphatic hydroxyl groups is 1. The van der Waals surface area contributed by atoms with Gasteiger partial charge in [0.25, 0.3) is 0 Å². The molecule has 55 heavy (non-hydrogen) atoms. The number of methoxy groups -OCH3 is 1. The summed E-state index contributed by atoms with van der Waals surface area (Å²) in [5, 5.41) is 35.2. The number of aliphatic imine (C=N–C) groups is 1. The molecular weight excluding hydrogens is 720 g/mol. The molecule has 0 saturated heterocycles. The molecule has 3 aromatic carbocycles. The topological polar surface area (TPSA) is 171 Å². The van der Waals surface area contributed by atoms with Gasteiger partial charge in [0.05, 0.1) is 42.1 Å². The maximum absolute atomic E-state index is 11.8. The molecule has 12 nitrogen and oxygen atoms in total. The van der Waals surface area contributed by atoms with Gasteiger partial charge >= 0.3 is 5.97 Å². The molecule has 1 atom stereocenters. The lowest BCUT2D eigenvalue weighted by Crippen LogP contribution is -2.52. The van der Waals surface area contributed by atoms with Crippen molar-refractivity contribution in [2.45, 2.75) is 46.1 Å². The average molecular weight is 761 g/mol. The highest BCUT2D eigenvalue weighted by Crippen LogP contribution is 2.37. The van der Waals surface area contributed by atoms with Gasteiger partial charge in [-0.15, -0.1) is 0 Å². The SMILES string of the molecule is COc1nc(-c2cccc(-c3cccc(COc4cc(OCc5cncc(C#N)c5)c(CN[C@@](C)(CO)C(=O)O)cc4Cl)c3C)c2C)ccc1C1=NCCN1. The fourth-order valence-corrected chi connectivity index (χ4v) is 6.47. The second-order valence-corrected chi connectivity index (χ2v) is 13.7. The van der Waals surface area contributed by atoms with Crippen LogP contribution in [-0.4, -0.2) is 64.3 Å². The fraction of sp³-hybridized carbons (Fsp3) is 0.262. The lowest BCUT2D eigenvalue weighted by atomic mass is 9.90. The van der Waals surface area contributed by atoms with Gasteiger partial charge in [-0.3, -0.25) is 20.1 Å².